The van der Waals surface area contributed by atoms with Crippen molar-refractivity contribution in [2.45, 2.75) is 43.3 Å². The van der Waals surface area contributed by atoms with Crippen LogP contribution in [0.25, 0.3) is 5.69 Å². The molecule has 1 amide bonds. The Kier molecular flexibility index (Phi) is 7.93. The molecule has 1 aliphatic rings. The Morgan fingerprint density at radius 3 is 2.48 bits per heavy atom. The molecule has 0 saturated heterocycles. The van der Waals surface area contributed by atoms with Gasteiger partial charge in [0.25, 0.3) is 5.91 Å². The van der Waals surface area contributed by atoms with Gasteiger partial charge < -0.3 is 9.80 Å². The van der Waals surface area contributed by atoms with Crippen molar-refractivity contribution in [1.29, 1.82) is 0 Å². The lowest BCUT2D eigenvalue weighted by Gasteiger charge is -2.31. The first kappa shape index (κ1) is 23.6. The highest BCUT2D eigenvalue weighted by Crippen LogP contribution is 2.28. The number of hydrogen-bond donors (Lipinski definition) is 0. The molecule has 6 nitrogen and oxygen atoms in total. The van der Waals surface area contributed by atoms with Gasteiger partial charge in [0.2, 0.25) is 0 Å². The fraction of sp³-hybridized carbons (Fsp3) is 0.400. The largest absolute Gasteiger partial charge is 0.374 e. The first-order valence-electron chi connectivity index (χ1n) is 11.4. The number of aromatic nitrogens is 3. The summed E-state index contributed by atoms with van der Waals surface area (Å²) in [6.45, 7) is 0.841. The SMILES string of the molecule is CN(CCSc1ncc(C(=O)N(C)C2CCCCC2)n1-c1ccc(Cl)cc1)c1ccncc1. The van der Waals surface area contributed by atoms with E-state index in [1.807, 2.05) is 52.9 Å². The molecule has 174 valence electrons. The van der Waals surface area contributed by atoms with Gasteiger partial charge in [0.1, 0.15) is 5.69 Å². The fourth-order valence-corrected chi connectivity index (χ4v) is 5.38. The molecule has 33 heavy (non-hydrogen) atoms. The van der Waals surface area contributed by atoms with Crippen LogP contribution in [0.3, 0.4) is 0 Å². The Bertz CT molecular complexity index is 1050. The summed E-state index contributed by atoms with van der Waals surface area (Å²) in [6, 6.07) is 11.9. The zero-order chi connectivity index (χ0) is 23.2. The Balaban J connectivity index is 1.54. The van der Waals surface area contributed by atoms with Crippen molar-refractivity contribution < 1.29 is 4.79 Å². The monoisotopic (exact) mass is 483 g/mol. The molecule has 8 heteroatoms. The number of amides is 1. The van der Waals surface area contributed by atoms with Crippen LogP contribution in [-0.2, 0) is 0 Å². The molecule has 1 saturated carbocycles. The van der Waals surface area contributed by atoms with E-state index in [1.165, 1.54) is 19.3 Å². The molecule has 2 aromatic heterocycles. The Morgan fingerprint density at radius 2 is 1.79 bits per heavy atom. The molecule has 0 aliphatic heterocycles. The lowest BCUT2D eigenvalue weighted by Crippen LogP contribution is -2.39. The average Bonchev–Trinajstić information content (AvgIpc) is 3.28. The van der Waals surface area contributed by atoms with Crippen molar-refractivity contribution in [2.75, 3.05) is 31.3 Å². The summed E-state index contributed by atoms with van der Waals surface area (Å²) in [4.78, 5) is 26.3. The van der Waals surface area contributed by atoms with Crippen LogP contribution in [0.5, 0.6) is 0 Å². The summed E-state index contributed by atoms with van der Waals surface area (Å²) in [5.41, 5.74) is 2.61. The lowest BCUT2D eigenvalue weighted by atomic mass is 9.94. The van der Waals surface area contributed by atoms with Gasteiger partial charge in [-0.2, -0.15) is 0 Å². The maximum Gasteiger partial charge on any atom is 0.272 e. The minimum absolute atomic E-state index is 0.0186. The Morgan fingerprint density at radius 1 is 1.09 bits per heavy atom. The fourth-order valence-electron chi connectivity index (χ4n) is 4.24. The molecule has 0 N–H and O–H groups in total. The van der Waals surface area contributed by atoms with Gasteiger partial charge in [0.15, 0.2) is 5.16 Å². The third kappa shape index (κ3) is 5.71. The molecule has 0 unspecified atom stereocenters. The molecule has 1 fully saturated rings. The van der Waals surface area contributed by atoms with Crippen molar-refractivity contribution in [1.82, 2.24) is 19.4 Å². The highest BCUT2D eigenvalue weighted by Gasteiger charge is 2.27. The molecule has 0 atom stereocenters. The van der Waals surface area contributed by atoms with E-state index in [9.17, 15) is 4.79 Å². The van der Waals surface area contributed by atoms with Crippen molar-refractivity contribution in [3.63, 3.8) is 0 Å². The van der Waals surface area contributed by atoms with Crippen molar-refractivity contribution >= 4 is 35.0 Å². The van der Waals surface area contributed by atoms with Crippen LogP contribution in [0.2, 0.25) is 5.02 Å². The number of nitrogens with zero attached hydrogens (tertiary/aromatic N) is 5. The summed E-state index contributed by atoms with van der Waals surface area (Å²) < 4.78 is 1.97. The molecule has 0 bridgehead atoms. The average molecular weight is 484 g/mol. The molecule has 1 aromatic carbocycles. The van der Waals surface area contributed by atoms with Crippen molar-refractivity contribution in [3.8, 4) is 5.69 Å². The molecule has 1 aliphatic carbocycles. The Hall–Kier alpha value is -2.51. The zero-order valence-electron chi connectivity index (χ0n) is 19.2. The predicted molar refractivity (Wildman–Crippen MR) is 136 cm³/mol. The molecule has 3 aromatic rings. The van der Waals surface area contributed by atoms with Gasteiger partial charge in [0.05, 0.1) is 6.20 Å². The first-order chi connectivity index (χ1) is 16.0. The van der Waals surface area contributed by atoms with Gasteiger partial charge in [-0.1, -0.05) is 42.6 Å². The van der Waals surface area contributed by atoms with E-state index in [0.29, 0.717) is 16.8 Å². The lowest BCUT2D eigenvalue weighted by molar-refractivity contribution is 0.0687. The molecular formula is C25H30ClN5OS. The van der Waals surface area contributed by atoms with E-state index in [4.69, 9.17) is 11.6 Å². The van der Waals surface area contributed by atoms with Crippen LogP contribution in [-0.4, -0.2) is 57.8 Å². The number of pyridine rings is 1. The van der Waals surface area contributed by atoms with Gasteiger partial charge in [0, 0.05) is 61.2 Å². The summed E-state index contributed by atoms with van der Waals surface area (Å²) in [5.74, 6) is 0.848. The van der Waals surface area contributed by atoms with E-state index >= 15 is 0 Å². The van der Waals surface area contributed by atoms with Crippen LogP contribution >= 0.6 is 23.4 Å². The summed E-state index contributed by atoms with van der Waals surface area (Å²) in [5, 5.41) is 1.47. The highest BCUT2D eigenvalue weighted by atomic mass is 35.5. The number of hydrogen-bond acceptors (Lipinski definition) is 5. The molecule has 0 radical (unpaired) electrons. The zero-order valence-corrected chi connectivity index (χ0v) is 20.7. The van der Waals surface area contributed by atoms with E-state index in [0.717, 1.165) is 41.7 Å². The predicted octanol–water partition coefficient (Wildman–Crippen LogP) is 5.55. The number of benzene rings is 1. The minimum Gasteiger partial charge on any atom is -0.374 e. The topological polar surface area (TPSA) is 54.3 Å². The van der Waals surface area contributed by atoms with Gasteiger partial charge in [-0.15, -0.1) is 0 Å². The third-order valence-corrected chi connectivity index (χ3v) is 7.42. The van der Waals surface area contributed by atoms with Crippen LogP contribution in [0.15, 0.2) is 60.1 Å². The standard InChI is InChI=1S/C25H30ClN5OS/c1-29(20-12-14-27-15-13-20)16-17-33-25-28-18-23(31(25)22-10-8-19(26)9-11-22)24(32)30(2)21-6-4-3-5-7-21/h8-15,18,21H,3-7,16-17H2,1-2H3. The van der Waals surface area contributed by atoms with E-state index in [1.54, 1.807) is 30.4 Å². The van der Waals surface area contributed by atoms with E-state index in [2.05, 4.69) is 21.9 Å². The highest BCUT2D eigenvalue weighted by molar-refractivity contribution is 7.99. The van der Waals surface area contributed by atoms with E-state index in [-0.39, 0.29) is 5.91 Å². The van der Waals surface area contributed by atoms with Gasteiger partial charge in [-0.25, -0.2) is 4.98 Å². The van der Waals surface area contributed by atoms with Crippen molar-refractivity contribution in [2.24, 2.45) is 0 Å². The summed E-state index contributed by atoms with van der Waals surface area (Å²) in [7, 11) is 3.99. The van der Waals surface area contributed by atoms with Crippen LogP contribution in [0.1, 0.15) is 42.6 Å². The van der Waals surface area contributed by atoms with Crippen LogP contribution in [0.4, 0.5) is 5.69 Å². The van der Waals surface area contributed by atoms with Crippen LogP contribution < -0.4 is 4.90 Å². The first-order valence-corrected chi connectivity index (χ1v) is 12.8. The van der Waals surface area contributed by atoms with Gasteiger partial charge in [-0.3, -0.25) is 14.3 Å². The quantitative estimate of drug-likeness (QED) is 0.393. The summed E-state index contributed by atoms with van der Waals surface area (Å²) in [6.07, 6.45) is 11.1. The number of carbonyl (C=O) groups excluding carboxylic acids is 1. The third-order valence-electron chi connectivity index (χ3n) is 6.24. The molecule has 0 spiro atoms. The maximum atomic E-state index is 13.5. The van der Waals surface area contributed by atoms with Crippen LogP contribution in [0, 0.1) is 0 Å². The second kappa shape index (κ2) is 11.1. The van der Waals surface area contributed by atoms with Gasteiger partial charge in [-0.05, 0) is 49.2 Å². The number of halogens is 1. The summed E-state index contributed by atoms with van der Waals surface area (Å²) >= 11 is 7.77. The molecule has 2 heterocycles. The second-order valence-electron chi connectivity index (χ2n) is 8.42. The second-order valence-corrected chi connectivity index (χ2v) is 9.92. The number of anilines is 1. The van der Waals surface area contributed by atoms with Crippen molar-refractivity contribution in [3.05, 3.63) is 65.7 Å². The molecule has 4 rings (SSSR count). The maximum absolute atomic E-state index is 13.5. The minimum atomic E-state index is 0.0186. The number of thioether (sulfide) groups is 1. The van der Waals surface area contributed by atoms with E-state index < -0.39 is 0 Å². The van der Waals surface area contributed by atoms with Gasteiger partial charge >= 0.3 is 0 Å². The normalized spacial score (nSPS) is 14.3. The number of carbonyl (C=O) groups is 1. The number of imidazole rings is 1. The number of rotatable bonds is 8. The smallest absolute Gasteiger partial charge is 0.272 e. The Labute approximate surface area is 205 Å². The molecular weight excluding hydrogens is 454 g/mol.